The summed E-state index contributed by atoms with van der Waals surface area (Å²) >= 11 is 0. The van der Waals surface area contributed by atoms with Gasteiger partial charge in [0.25, 0.3) is 0 Å². The predicted octanol–water partition coefficient (Wildman–Crippen LogP) is 5.33. The molecular formula is C28H28N4O2. The molecule has 5 rings (SSSR count). The highest BCUT2D eigenvalue weighted by molar-refractivity contribution is 5.94. The van der Waals surface area contributed by atoms with Crippen molar-refractivity contribution in [3.8, 4) is 22.7 Å². The second kappa shape index (κ2) is 9.63. The van der Waals surface area contributed by atoms with Crippen molar-refractivity contribution in [1.29, 1.82) is 0 Å². The first-order chi connectivity index (χ1) is 16.6. The maximum absolute atomic E-state index is 5.73. The van der Waals surface area contributed by atoms with Crippen molar-refractivity contribution in [3.63, 3.8) is 0 Å². The molecular weight excluding hydrogens is 424 g/mol. The first-order valence-electron chi connectivity index (χ1n) is 11.4. The third-order valence-corrected chi connectivity index (χ3v) is 5.79. The zero-order chi connectivity index (χ0) is 23.5. The number of imidazole rings is 1. The maximum Gasteiger partial charge on any atom is 0.139 e. The van der Waals surface area contributed by atoms with E-state index in [-0.39, 0.29) is 0 Å². The normalized spacial score (nSPS) is 11.5. The number of rotatable bonds is 8. The Morgan fingerprint density at radius 2 is 1.76 bits per heavy atom. The van der Waals surface area contributed by atoms with Crippen LogP contribution in [0.1, 0.15) is 5.56 Å². The fraction of sp³-hybridized carbons (Fsp3) is 0.214. The summed E-state index contributed by atoms with van der Waals surface area (Å²) in [4.78, 5) is 11.8. The average Bonchev–Trinajstić information content (AvgIpc) is 3.27. The van der Waals surface area contributed by atoms with Gasteiger partial charge in [0.05, 0.1) is 23.2 Å². The van der Waals surface area contributed by atoms with Crippen LogP contribution in [-0.2, 0) is 11.3 Å². The summed E-state index contributed by atoms with van der Waals surface area (Å²) in [6.45, 7) is 1.98. The van der Waals surface area contributed by atoms with E-state index in [4.69, 9.17) is 14.5 Å². The van der Waals surface area contributed by atoms with E-state index >= 15 is 0 Å². The Bertz CT molecular complexity index is 1420. The summed E-state index contributed by atoms with van der Waals surface area (Å²) in [5.41, 5.74) is 6.39. The van der Waals surface area contributed by atoms with Gasteiger partial charge < -0.3 is 14.4 Å². The number of ether oxygens (including phenoxy) is 2. The molecule has 2 heterocycles. The van der Waals surface area contributed by atoms with Gasteiger partial charge in [-0.15, -0.1) is 0 Å². The fourth-order valence-corrected chi connectivity index (χ4v) is 4.17. The molecule has 0 bridgehead atoms. The third kappa shape index (κ3) is 4.51. The Morgan fingerprint density at radius 3 is 2.56 bits per heavy atom. The third-order valence-electron chi connectivity index (χ3n) is 5.79. The van der Waals surface area contributed by atoms with Crippen molar-refractivity contribution < 1.29 is 9.47 Å². The molecule has 0 aliphatic carbocycles. The number of para-hydroxylation sites is 1. The van der Waals surface area contributed by atoms with Crippen molar-refractivity contribution in [1.82, 2.24) is 19.4 Å². The molecule has 0 N–H and O–H groups in total. The van der Waals surface area contributed by atoms with Crippen molar-refractivity contribution in [3.05, 3.63) is 84.7 Å². The molecule has 6 heteroatoms. The molecule has 5 aromatic rings. The van der Waals surface area contributed by atoms with E-state index in [0.29, 0.717) is 13.2 Å². The summed E-state index contributed by atoms with van der Waals surface area (Å²) in [6, 6.07) is 25.1. The van der Waals surface area contributed by atoms with Crippen LogP contribution in [0.4, 0.5) is 0 Å². The summed E-state index contributed by atoms with van der Waals surface area (Å²) in [5, 5.41) is 1.11. The Labute approximate surface area is 199 Å². The largest absolute Gasteiger partial charge is 0.491 e. The van der Waals surface area contributed by atoms with Gasteiger partial charge in [-0.2, -0.15) is 0 Å². The Hall–Kier alpha value is -3.74. The molecule has 6 nitrogen and oxygen atoms in total. The van der Waals surface area contributed by atoms with Crippen LogP contribution in [-0.4, -0.2) is 53.9 Å². The first kappa shape index (κ1) is 22.1. The molecule has 0 saturated carbocycles. The van der Waals surface area contributed by atoms with Crippen LogP contribution in [0, 0.1) is 0 Å². The average molecular weight is 453 g/mol. The topological polar surface area (TPSA) is 52.4 Å². The lowest BCUT2D eigenvalue weighted by Gasteiger charge is -2.12. The molecule has 0 aliphatic rings. The number of pyridine rings is 1. The summed E-state index contributed by atoms with van der Waals surface area (Å²) < 4.78 is 12.8. The van der Waals surface area contributed by atoms with E-state index in [1.54, 1.807) is 7.11 Å². The summed E-state index contributed by atoms with van der Waals surface area (Å²) in [7, 11) is 5.83. The first-order valence-corrected chi connectivity index (χ1v) is 11.4. The molecule has 0 radical (unpaired) electrons. The van der Waals surface area contributed by atoms with Crippen LogP contribution in [0.15, 0.2) is 79.1 Å². The van der Waals surface area contributed by atoms with Gasteiger partial charge in [0.15, 0.2) is 0 Å². The number of hydrogen-bond acceptors (Lipinski definition) is 5. The van der Waals surface area contributed by atoms with Crippen LogP contribution in [0.2, 0.25) is 0 Å². The van der Waals surface area contributed by atoms with Gasteiger partial charge in [-0.05, 0) is 49.5 Å². The van der Waals surface area contributed by atoms with Crippen molar-refractivity contribution in [2.24, 2.45) is 0 Å². The second-order valence-corrected chi connectivity index (χ2v) is 8.59. The van der Waals surface area contributed by atoms with Crippen molar-refractivity contribution in [2.75, 3.05) is 34.4 Å². The molecule has 0 amide bonds. The van der Waals surface area contributed by atoms with Gasteiger partial charge in [-0.1, -0.05) is 42.5 Å². The number of fused-ring (bicyclic) bond motifs is 2. The molecule has 0 fully saturated rings. The van der Waals surface area contributed by atoms with E-state index in [1.807, 2.05) is 35.2 Å². The Morgan fingerprint density at radius 1 is 0.912 bits per heavy atom. The molecule has 34 heavy (non-hydrogen) atoms. The van der Waals surface area contributed by atoms with E-state index in [0.717, 1.165) is 51.2 Å². The van der Waals surface area contributed by atoms with Crippen LogP contribution in [0.25, 0.3) is 38.9 Å². The van der Waals surface area contributed by atoms with Gasteiger partial charge in [0.2, 0.25) is 0 Å². The molecule has 0 saturated heterocycles. The van der Waals surface area contributed by atoms with E-state index in [1.165, 1.54) is 5.56 Å². The van der Waals surface area contributed by atoms with Crippen LogP contribution in [0.5, 0.6) is 5.75 Å². The zero-order valence-electron chi connectivity index (χ0n) is 19.7. The van der Waals surface area contributed by atoms with Gasteiger partial charge in [-0.3, -0.25) is 4.57 Å². The van der Waals surface area contributed by atoms with Crippen LogP contribution >= 0.6 is 0 Å². The van der Waals surface area contributed by atoms with Crippen LogP contribution < -0.4 is 4.74 Å². The number of nitrogens with zero attached hydrogens (tertiary/aromatic N) is 4. The molecule has 3 aromatic carbocycles. The van der Waals surface area contributed by atoms with Gasteiger partial charge in [-0.25, -0.2) is 9.97 Å². The van der Waals surface area contributed by atoms with Gasteiger partial charge in [0, 0.05) is 30.7 Å². The maximum atomic E-state index is 5.73. The highest BCUT2D eigenvalue weighted by Crippen LogP contribution is 2.29. The molecule has 0 aliphatic heterocycles. The fourth-order valence-electron chi connectivity index (χ4n) is 4.17. The number of methoxy groups -OCH3 is 1. The minimum Gasteiger partial charge on any atom is -0.491 e. The van der Waals surface area contributed by atoms with Gasteiger partial charge >= 0.3 is 0 Å². The van der Waals surface area contributed by atoms with Crippen LogP contribution in [0.3, 0.4) is 0 Å². The lowest BCUT2D eigenvalue weighted by Crippen LogP contribution is -2.10. The molecule has 0 atom stereocenters. The lowest BCUT2D eigenvalue weighted by molar-refractivity contribution is 0.146. The van der Waals surface area contributed by atoms with Gasteiger partial charge in [0.1, 0.15) is 24.5 Å². The Kier molecular flexibility index (Phi) is 6.25. The SMILES string of the molecule is COCCOc1ccc2c(c1)ncn2-c1ccc2cccc(-c3ccc(CN(C)C)cc3)c2n1. The molecule has 2 aromatic heterocycles. The lowest BCUT2D eigenvalue weighted by atomic mass is 10.0. The monoisotopic (exact) mass is 452 g/mol. The highest BCUT2D eigenvalue weighted by Gasteiger charge is 2.11. The Balaban J connectivity index is 1.51. The zero-order valence-corrected chi connectivity index (χ0v) is 19.7. The number of benzene rings is 3. The second-order valence-electron chi connectivity index (χ2n) is 8.59. The van der Waals surface area contributed by atoms with Crippen molar-refractivity contribution >= 4 is 21.9 Å². The minimum absolute atomic E-state index is 0.508. The quantitative estimate of drug-likeness (QED) is 0.298. The molecule has 0 unspecified atom stereocenters. The van der Waals surface area contributed by atoms with E-state index in [9.17, 15) is 0 Å². The predicted molar refractivity (Wildman–Crippen MR) is 137 cm³/mol. The number of hydrogen-bond donors (Lipinski definition) is 0. The summed E-state index contributed by atoms with van der Waals surface area (Å²) in [5.74, 6) is 1.61. The number of aromatic nitrogens is 3. The standard InChI is InChI=1S/C28H28N4O2/c1-31(2)18-20-7-9-21(10-8-20)24-6-4-5-22-11-14-27(30-28(22)24)32-19-29-25-17-23(12-13-26(25)32)34-16-15-33-3/h4-14,17,19H,15-16,18H2,1-3H3. The minimum atomic E-state index is 0.508. The van der Waals surface area contributed by atoms with Crippen molar-refractivity contribution in [2.45, 2.75) is 6.54 Å². The molecule has 172 valence electrons. The van der Waals surface area contributed by atoms with E-state index in [2.05, 4.69) is 72.5 Å². The summed E-state index contributed by atoms with van der Waals surface area (Å²) in [6.07, 6.45) is 1.82. The molecule has 0 spiro atoms. The van der Waals surface area contributed by atoms with E-state index < -0.39 is 0 Å². The smallest absolute Gasteiger partial charge is 0.139 e. The highest BCUT2D eigenvalue weighted by atomic mass is 16.5.